The van der Waals surface area contributed by atoms with E-state index in [1.807, 2.05) is 0 Å². The Morgan fingerprint density at radius 3 is 2.92 bits per heavy atom. The first-order valence-corrected chi connectivity index (χ1v) is 9.50. The average molecular weight is 371 g/mol. The predicted molar refractivity (Wildman–Crippen MR) is 99.9 cm³/mol. The standard InChI is InChI=1S/C19H18FN3O2S/c20-14-8-9-16-17(11-14)26-19(22-16)23(21-12-15-7-4-10-25-15)18(24)13-5-2-1-3-6-13/h4,7-13H,1-3,5-6H2/b21-12-. The van der Waals surface area contributed by atoms with Gasteiger partial charge in [0.2, 0.25) is 5.13 Å². The smallest absolute Gasteiger partial charge is 0.252 e. The number of amides is 1. The van der Waals surface area contributed by atoms with Crippen LogP contribution in [0.1, 0.15) is 37.9 Å². The van der Waals surface area contributed by atoms with Crippen LogP contribution in [0, 0.1) is 11.7 Å². The largest absolute Gasteiger partial charge is 0.463 e. The molecule has 1 saturated carbocycles. The summed E-state index contributed by atoms with van der Waals surface area (Å²) in [6, 6.07) is 7.93. The third kappa shape index (κ3) is 3.53. The van der Waals surface area contributed by atoms with Crippen molar-refractivity contribution < 1.29 is 13.6 Å². The van der Waals surface area contributed by atoms with Crippen molar-refractivity contribution in [1.29, 1.82) is 0 Å². The van der Waals surface area contributed by atoms with E-state index in [9.17, 15) is 9.18 Å². The van der Waals surface area contributed by atoms with Gasteiger partial charge in [0, 0.05) is 5.92 Å². The van der Waals surface area contributed by atoms with E-state index in [4.69, 9.17) is 4.42 Å². The molecule has 0 saturated heterocycles. The summed E-state index contributed by atoms with van der Waals surface area (Å²) in [4.78, 5) is 17.6. The Balaban J connectivity index is 1.69. The molecule has 1 aliphatic rings. The summed E-state index contributed by atoms with van der Waals surface area (Å²) >= 11 is 1.26. The van der Waals surface area contributed by atoms with Crippen LogP contribution in [0.5, 0.6) is 0 Å². The fraction of sp³-hybridized carbons (Fsp3) is 0.316. The molecule has 26 heavy (non-hydrogen) atoms. The molecule has 0 spiro atoms. The minimum Gasteiger partial charge on any atom is -0.463 e. The molecule has 0 aliphatic heterocycles. The van der Waals surface area contributed by atoms with Crippen molar-refractivity contribution in [3.8, 4) is 0 Å². The van der Waals surface area contributed by atoms with Gasteiger partial charge in [-0.3, -0.25) is 4.79 Å². The lowest BCUT2D eigenvalue weighted by Crippen LogP contribution is -2.33. The third-order valence-corrected chi connectivity index (χ3v) is 5.52. The summed E-state index contributed by atoms with van der Waals surface area (Å²) in [7, 11) is 0. The van der Waals surface area contributed by atoms with E-state index < -0.39 is 0 Å². The number of benzene rings is 1. The van der Waals surface area contributed by atoms with E-state index in [1.165, 1.54) is 41.1 Å². The van der Waals surface area contributed by atoms with Crippen molar-refractivity contribution in [1.82, 2.24) is 4.98 Å². The summed E-state index contributed by atoms with van der Waals surface area (Å²) in [5.41, 5.74) is 0.654. The van der Waals surface area contributed by atoms with Crippen LogP contribution in [0.15, 0.2) is 46.1 Å². The van der Waals surface area contributed by atoms with Gasteiger partial charge in [-0.2, -0.15) is 10.1 Å². The number of furan rings is 1. The minimum absolute atomic E-state index is 0.0544. The van der Waals surface area contributed by atoms with Crippen LogP contribution in [0.3, 0.4) is 0 Å². The molecular formula is C19H18FN3O2S. The van der Waals surface area contributed by atoms with Crippen molar-refractivity contribution in [2.45, 2.75) is 32.1 Å². The number of rotatable bonds is 4. The lowest BCUT2D eigenvalue weighted by atomic mass is 9.88. The van der Waals surface area contributed by atoms with Crippen LogP contribution >= 0.6 is 11.3 Å². The molecule has 2 heterocycles. The molecule has 4 rings (SSSR count). The summed E-state index contributed by atoms with van der Waals surface area (Å²) in [6.07, 6.45) is 8.06. The van der Waals surface area contributed by atoms with Gasteiger partial charge >= 0.3 is 0 Å². The summed E-state index contributed by atoms with van der Waals surface area (Å²) in [5.74, 6) is 0.115. The number of anilines is 1. The topological polar surface area (TPSA) is 58.7 Å². The van der Waals surface area contributed by atoms with Crippen molar-refractivity contribution in [2.75, 3.05) is 5.01 Å². The molecule has 5 nitrogen and oxygen atoms in total. The second-order valence-electron chi connectivity index (χ2n) is 6.35. The van der Waals surface area contributed by atoms with Crippen LogP contribution in [-0.2, 0) is 4.79 Å². The zero-order valence-corrected chi connectivity index (χ0v) is 14.9. The molecule has 0 radical (unpaired) electrons. The van der Waals surface area contributed by atoms with Crippen molar-refractivity contribution in [3.63, 3.8) is 0 Å². The van der Waals surface area contributed by atoms with E-state index in [2.05, 4.69) is 10.1 Å². The number of nitrogens with zero attached hydrogens (tertiary/aromatic N) is 3. The molecule has 1 amide bonds. The zero-order valence-electron chi connectivity index (χ0n) is 14.1. The number of fused-ring (bicyclic) bond motifs is 1. The molecule has 1 aromatic carbocycles. The minimum atomic E-state index is -0.322. The third-order valence-electron chi connectivity index (χ3n) is 4.53. The van der Waals surface area contributed by atoms with Crippen LogP contribution < -0.4 is 5.01 Å². The van der Waals surface area contributed by atoms with Gasteiger partial charge in [0.15, 0.2) is 0 Å². The first-order valence-electron chi connectivity index (χ1n) is 8.68. The first-order chi connectivity index (χ1) is 12.7. The Hall–Kier alpha value is -2.54. The number of carbonyl (C=O) groups is 1. The second-order valence-corrected chi connectivity index (χ2v) is 7.36. The number of thiazole rings is 1. The van der Waals surface area contributed by atoms with Gasteiger partial charge in [-0.1, -0.05) is 30.6 Å². The highest BCUT2D eigenvalue weighted by atomic mass is 32.1. The van der Waals surface area contributed by atoms with E-state index in [0.29, 0.717) is 21.1 Å². The van der Waals surface area contributed by atoms with Gasteiger partial charge in [0.25, 0.3) is 5.91 Å². The molecule has 1 aliphatic carbocycles. The van der Waals surface area contributed by atoms with E-state index >= 15 is 0 Å². The van der Waals surface area contributed by atoms with Crippen molar-refractivity contribution in [3.05, 3.63) is 48.2 Å². The highest BCUT2D eigenvalue weighted by Crippen LogP contribution is 2.33. The maximum Gasteiger partial charge on any atom is 0.252 e. The van der Waals surface area contributed by atoms with E-state index in [1.54, 1.807) is 24.5 Å². The van der Waals surface area contributed by atoms with E-state index in [-0.39, 0.29) is 17.6 Å². The predicted octanol–water partition coefficient (Wildman–Crippen LogP) is 4.98. The van der Waals surface area contributed by atoms with Crippen LogP contribution in [0.25, 0.3) is 10.2 Å². The molecule has 134 valence electrons. The molecule has 0 bridgehead atoms. The number of halogens is 1. The van der Waals surface area contributed by atoms with Gasteiger partial charge in [-0.25, -0.2) is 9.37 Å². The highest BCUT2D eigenvalue weighted by Gasteiger charge is 2.28. The number of hydrogen-bond donors (Lipinski definition) is 0. The summed E-state index contributed by atoms with van der Waals surface area (Å²) in [6.45, 7) is 0. The molecule has 3 aromatic rings. The van der Waals surface area contributed by atoms with Crippen LogP contribution in [-0.4, -0.2) is 17.1 Å². The van der Waals surface area contributed by atoms with Gasteiger partial charge in [0.1, 0.15) is 11.6 Å². The molecule has 0 atom stereocenters. The quantitative estimate of drug-likeness (QED) is 0.480. The molecule has 0 unspecified atom stereocenters. The number of carbonyl (C=O) groups excluding carboxylic acids is 1. The number of hydrogen-bond acceptors (Lipinski definition) is 5. The molecular weight excluding hydrogens is 353 g/mol. The van der Waals surface area contributed by atoms with E-state index in [0.717, 1.165) is 25.7 Å². The maximum absolute atomic E-state index is 13.5. The first kappa shape index (κ1) is 16.9. The Morgan fingerprint density at radius 2 is 2.15 bits per heavy atom. The monoisotopic (exact) mass is 371 g/mol. The van der Waals surface area contributed by atoms with Crippen LogP contribution in [0.4, 0.5) is 9.52 Å². The molecule has 1 fully saturated rings. The van der Waals surface area contributed by atoms with Gasteiger partial charge < -0.3 is 4.42 Å². The lowest BCUT2D eigenvalue weighted by molar-refractivity contribution is -0.123. The highest BCUT2D eigenvalue weighted by molar-refractivity contribution is 7.22. The summed E-state index contributed by atoms with van der Waals surface area (Å²) < 4.78 is 19.4. The maximum atomic E-state index is 13.5. The SMILES string of the molecule is O=C(C1CCCCC1)N(/N=C\c1ccco1)c1nc2ccc(F)cc2s1. The molecule has 2 aromatic heterocycles. The summed E-state index contributed by atoms with van der Waals surface area (Å²) in [5, 5.41) is 6.14. The zero-order chi connectivity index (χ0) is 17.9. The Bertz CT molecular complexity index is 930. The normalized spacial score (nSPS) is 15.7. The molecule has 7 heteroatoms. The van der Waals surface area contributed by atoms with Crippen molar-refractivity contribution >= 4 is 38.8 Å². The fourth-order valence-electron chi connectivity index (χ4n) is 3.18. The number of aromatic nitrogens is 1. The number of hydrazone groups is 1. The van der Waals surface area contributed by atoms with Crippen LogP contribution in [0.2, 0.25) is 0 Å². The molecule has 0 N–H and O–H groups in total. The van der Waals surface area contributed by atoms with Gasteiger partial charge in [-0.15, -0.1) is 0 Å². The Kier molecular flexibility index (Phi) is 4.79. The van der Waals surface area contributed by atoms with Crippen molar-refractivity contribution in [2.24, 2.45) is 11.0 Å². The Morgan fingerprint density at radius 1 is 1.31 bits per heavy atom. The lowest BCUT2D eigenvalue weighted by Gasteiger charge is -2.24. The average Bonchev–Trinajstić information content (AvgIpc) is 3.31. The Labute approximate surface area is 154 Å². The van der Waals surface area contributed by atoms with Gasteiger partial charge in [0.05, 0.1) is 22.7 Å². The van der Waals surface area contributed by atoms with Gasteiger partial charge in [-0.05, 0) is 43.2 Å². The fourth-order valence-corrected chi connectivity index (χ4v) is 4.13. The second kappa shape index (κ2) is 7.37.